The lowest BCUT2D eigenvalue weighted by Gasteiger charge is -2.26. The minimum Gasteiger partial charge on any atom is -0.497 e. The van der Waals surface area contributed by atoms with Crippen LogP contribution in [0.4, 0.5) is 0 Å². The highest BCUT2D eigenvalue weighted by Gasteiger charge is 2.29. The second-order valence-corrected chi connectivity index (χ2v) is 8.18. The molecule has 0 radical (unpaired) electrons. The average Bonchev–Trinajstić information content (AvgIpc) is 3.35. The number of carbonyl (C=O) groups excluding carboxylic acids is 1. The molecular weight excluding hydrogens is 404 g/mol. The van der Waals surface area contributed by atoms with Crippen LogP contribution in [-0.4, -0.2) is 55.9 Å². The molecule has 168 valence electrons. The zero-order chi connectivity index (χ0) is 22.5. The van der Waals surface area contributed by atoms with Gasteiger partial charge in [0.15, 0.2) is 0 Å². The summed E-state index contributed by atoms with van der Waals surface area (Å²) in [7, 11) is 3.30. The number of amides is 1. The number of benzene rings is 2. The number of fused-ring (bicyclic) bond motifs is 1. The summed E-state index contributed by atoms with van der Waals surface area (Å²) in [5.41, 5.74) is 4.92. The molecule has 6 heteroatoms. The highest BCUT2D eigenvalue weighted by atomic mass is 16.5. The maximum absolute atomic E-state index is 13.2. The molecule has 1 aliphatic rings. The summed E-state index contributed by atoms with van der Waals surface area (Å²) in [6.07, 6.45) is 1.32. The molecule has 1 saturated heterocycles. The molecule has 4 rings (SSSR count). The van der Waals surface area contributed by atoms with E-state index in [1.165, 1.54) is 0 Å². The summed E-state index contributed by atoms with van der Waals surface area (Å²) < 4.78 is 16.4. The first-order valence-corrected chi connectivity index (χ1v) is 11.0. The van der Waals surface area contributed by atoms with Gasteiger partial charge in [-0.2, -0.15) is 0 Å². The van der Waals surface area contributed by atoms with E-state index in [1.54, 1.807) is 14.2 Å². The molecule has 2 heterocycles. The summed E-state index contributed by atoms with van der Waals surface area (Å²) in [6, 6.07) is 16.3. The van der Waals surface area contributed by atoms with Gasteiger partial charge in [0.1, 0.15) is 11.9 Å². The molecule has 0 aliphatic carbocycles. The third kappa shape index (κ3) is 4.92. The van der Waals surface area contributed by atoms with Gasteiger partial charge in [-0.05, 0) is 49.6 Å². The minimum atomic E-state index is -0.369. The number of carbonyl (C=O) groups is 1. The Balaban J connectivity index is 1.77. The highest BCUT2D eigenvalue weighted by molar-refractivity contribution is 5.85. The molecule has 0 spiro atoms. The number of hydrogen-bond donors (Lipinski definition) is 0. The number of pyridine rings is 1. The molecule has 1 amide bonds. The molecule has 1 atom stereocenters. The maximum Gasteiger partial charge on any atom is 0.252 e. The van der Waals surface area contributed by atoms with Crippen LogP contribution in [0.1, 0.15) is 24.0 Å². The van der Waals surface area contributed by atoms with Crippen LogP contribution in [-0.2, 0) is 20.8 Å². The van der Waals surface area contributed by atoms with Crippen molar-refractivity contribution in [1.29, 1.82) is 0 Å². The standard InChI is InChI=1S/C26H30N2O4/c1-18-6-4-7-20(14-18)25-21(15-19-9-10-22(31-3)16-23(19)27-25)17-28(11-13-30-2)26(29)24-8-5-12-32-24/h4,6-7,9-10,14-16,24H,5,8,11-13,17H2,1-3H3. The lowest BCUT2D eigenvalue weighted by molar-refractivity contribution is -0.142. The Bertz CT molecular complexity index is 1090. The van der Waals surface area contributed by atoms with E-state index in [0.717, 1.165) is 51.9 Å². The van der Waals surface area contributed by atoms with E-state index in [2.05, 4.69) is 31.2 Å². The molecule has 0 N–H and O–H groups in total. The minimum absolute atomic E-state index is 0.0181. The third-order valence-electron chi connectivity index (χ3n) is 5.84. The van der Waals surface area contributed by atoms with E-state index in [9.17, 15) is 4.79 Å². The Labute approximate surface area is 189 Å². The summed E-state index contributed by atoms with van der Waals surface area (Å²) >= 11 is 0. The number of nitrogens with zero attached hydrogens (tertiary/aromatic N) is 2. The van der Waals surface area contributed by atoms with Crippen molar-refractivity contribution in [3.05, 3.63) is 59.7 Å². The second-order valence-electron chi connectivity index (χ2n) is 8.18. The van der Waals surface area contributed by atoms with Crippen molar-refractivity contribution in [2.24, 2.45) is 0 Å². The number of aryl methyl sites for hydroxylation is 1. The van der Waals surface area contributed by atoms with E-state index < -0.39 is 0 Å². The van der Waals surface area contributed by atoms with Crippen molar-refractivity contribution in [1.82, 2.24) is 9.88 Å². The first kappa shape index (κ1) is 22.2. The van der Waals surface area contributed by atoms with Crippen LogP contribution in [0.25, 0.3) is 22.2 Å². The number of methoxy groups -OCH3 is 2. The van der Waals surface area contributed by atoms with E-state index in [1.807, 2.05) is 29.2 Å². The van der Waals surface area contributed by atoms with Gasteiger partial charge in [0.05, 0.1) is 24.9 Å². The van der Waals surface area contributed by atoms with Crippen LogP contribution in [0.15, 0.2) is 48.5 Å². The third-order valence-corrected chi connectivity index (χ3v) is 5.84. The van der Waals surface area contributed by atoms with Gasteiger partial charge in [0.2, 0.25) is 0 Å². The molecule has 0 bridgehead atoms. The fourth-order valence-corrected chi connectivity index (χ4v) is 4.13. The van der Waals surface area contributed by atoms with Gasteiger partial charge in [-0.3, -0.25) is 4.79 Å². The number of rotatable bonds is 8. The predicted molar refractivity (Wildman–Crippen MR) is 125 cm³/mol. The monoisotopic (exact) mass is 434 g/mol. The van der Waals surface area contributed by atoms with Crippen molar-refractivity contribution in [3.63, 3.8) is 0 Å². The fourth-order valence-electron chi connectivity index (χ4n) is 4.13. The van der Waals surface area contributed by atoms with Gasteiger partial charge >= 0.3 is 0 Å². The Kier molecular flexibility index (Phi) is 7.02. The molecule has 2 aromatic carbocycles. The van der Waals surface area contributed by atoms with Crippen molar-refractivity contribution in [2.75, 3.05) is 34.0 Å². The van der Waals surface area contributed by atoms with Crippen molar-refractivity contribution in [2.45, 2.75) is 32.4 Å². The predicted octanol–water partition coefficient (Wildman–Crippen LogP) is 4.37. The highest BCUT2D eigenvalue weighted by Crippen LogP contribution is 2.30. The van der Waals surface area contributed by atoms with Crippen molar-refractivity contribution >= 4 is 16.8 Å². The van der Waals surface area contributed by atoms with Crippen LogP contribution in [0, 0.1) is 6.92 Å². The quantitative estimate of drug-likeness (QED) is 0.527. The molecule has 1 unspecified atom stereocenters. The van der Waals surface area contributed by atoms with Crippen molar-refractivity contribution < 1.29 is 19.0 Å². The van der Waals surface area contributed by atoms with Gasteiger partial charge in [-0.1, -0.05) is 23.8 Å². The van der Waals surface area contributed by atoms with Crippen molar-refractivity contribution in [3.8, 4) is 17.0 Å². The molecule has 1 aliphatic heterocycles. The SMILES string of the molecule is COCCN(Cc1cc2ccc(OC)cc2nc1-c1cccc(C)c1)C(=O)C1CCCO1. The Hall–Kier alpha value is -2.96. The van der Waals surface area contributed by atoms with Crippen LogP contribution < -0.4 is 4.74 Å². The molecular formula is C26H30N2O4. The summed E-state index contributed by atoms with van der Waals surface area (Å²) in [6.45, 7) is 4.13. The summed E-state index contributed by atoms with van der Waals surface area (Å²) in [4.78, 5) is 20.1. The van der Waals surface area contributed by atoms with E-state index in [-0.39, 0.29) is 12.0 Å². The molecule has 6 nitrogen and oxygen atoms in total. The summed E-state index contributed by atoms with van der Waals surface area (Å²) in [5.74, 6) is 0.785. The Morgan fingerprint density at radius 1 is 1.19 bits per heavy atom. The smallest absolute Gasteiger partial charge is 0.252 e. The molecule has 3 aromatic rings. The van der Waals surface area contributed by atoms with Crippen LogP contribution in [0.5, 0.6) is 5.75 Å². The van der Waals surface area contributed by atoms with Gasteiger partial charge in [-0.15, -0.1) is 0 Å². The van der Waals surface area contributed by atoms with Crippen LogP contribution in [0.3, 0.4) is 0 Å². The zero-order valence-electron chi connectivity index (χ0n) is 19.0. The second kappa shape index (κ2) is 10.1. The topological polar surface area (TPSA) is 60.9 Å². The molecule has 0 saturated carbocycles. The first-order chi connectivity index (χ1) is 15.6. The maximum atomic E-state index is 13.2. The lowest BCUT2D eigenvalue weighted by atomic mass is 10.0. The van der Waals surface area contributed by atoms with Gasteiger partial charge in [0.25, 0.3) is 5.91 Å². The number of hydrogen-bond acceptors (Lipinski definition) is 5. The number of aromatic nitrogens is 1. The first-order valence-electron chi connectivity index (χ1n) is 11.0. The Morgan fingerprint density at radius 2 is 2.06 bits per heavy atom. The number of ether oxygens (including phenoxy) is 3. The Morgan fingerprint density at radius 3 is 2.78 bits per heavy atom. The largest absolute Gasteiger partial charge is 0.497 e. The fraction of sp³-hybridized carbons (Fsp3) is 0.385. The molecule has 1 fully saturated rings. The van der Waals surface area contributed by atoms with E-state index >= 15 is 0 Å². The van der Waals surface area contributed by atoms with Gasteiger partial charge < -0.3 is 19.1 Å². The summed E-state index contributed by atoms with van der Waals surface area (Å²) in [5, 5.41) is 1.01. The van der Waals surface area contributed by atoms with Gasteiger partial charge in [0, 0.05) is 43.8 Å². The van der Waals surface area contributed by atoms with Gasteiger partial charge in [-0.25, -0.2) is 4.98 Å². The molecule has 1 aromatic heterocycles. The average molecular weight is 435 g/mol. The van der Waals surface area contributed by atoms with Crippen LogP contribution >= 0.6 is 0 Å². The normalized spacial score (nSPS) is 15.8. The van der Waals surface area contributed by atoms with Crippen LogP contribution in [0.2, 0.25) is 0 Å². The van der Waals surface area contributed by atoms with E-state index in [0.29, 0.717) is 26.3 Å². The zero-order valence-corrected chi connectivity index (χ0v) is 19.0. The lowest BCUT2D eigenvalue weighted by Crippen LogP contribution is -2.40. The van der Waals surface area contributed by atoms with E-state index in [4.69, 9.17) is 19.2 Å². The molecule has 32 heavy (non-hydrogen) atoms.